The Morgan fingerprint density at radius 3 is 2.58 bits per heavy atom. The van der Waals surface area contributed by atoms with Crippen LogP contribution in [0.15, 0.2) is 22.4 Å². The quantitative estimate of drug-likeness (QED) is 0.812. The molecule has 0 aromatic carbocycles. The molecular weight excluding hydrogens is 352 g/mol. The molecule has 0 spiro atoms. The van der Waals surface area contributed by atoms with Gasteiger partial charge in [0.1, 0.15) is 11.2 Å². The molecule has 0 bridgehead atoms. The smallest absolute Gasteiger partial charge is 0.285 e. The second-order valence-electron chi connectivity index (χ2n) is 7.00. The van der Waals surface area contributed by atoms with Gasteiger partial charge in [-0.05, 0) is 37.1 Å². The van der Waals surface area contributed by atoms with Crippen LogP contribution in [0, 0.1) is 5.92 Å². The van der Waals surface area contributed by atoms with Crippen LogP contribution in [0.25, 0.3) is 10.1 Å². The molecule has 0 N–H and O–H groups in total. The third kappa shape index (κ3) is 3.25. The Morgan fingerprint density at radius 2 is 1.85 bits per heavy atom. The van der Waals surface area contributed by atoms with Gasteiger partial charge in [0, 0.05) is 37.5 Å². The van der Waals surface area contributed by atoms with Crippen molar-refractivity contribution in [2.75, 3.05) is 26.2 Å². The summed E-state index contributed by atoms with van der Waals surface area (Å²) in [5, 5.41) is 6.77. The Balaban J connectivity index is 1.36. The van der Waals surface area contributed by atoms with Crippen molar-refractivity contribution < 1.29 is 9.59 Å². The second-order valence-corrected chi connectivity index (χ2v) is 7.92. The van der Waals surface area contributed by atoms with Crippen LogP contribution in [0.1, 0.15) is 25.7 Å². The maximum Gasteiger partial charge on any atom is 0.285 e. The summed E-state index contributed by atoms with van der Waals surface area (Å²) >= 11 is 1.37. The van der Waals surface area contributed by atoms with Crippen molar-refractivity contribution in [2.45, 2.75) is 32.2 Å². The minimum atomic E-state index is -0.218. The van der Waals surface area contributed by atoms with Crippen molar-refractivity contribution in [2.24, 2.45) is 5.92 Å². The highest BCUT2D eigenvalue weighted by Gasteiger charge is 2.31. The average molecular weight is 374 g/mol. The van der Waals surface area contributed by atoms with Gasteiger partial charge < -0.3 is 9.80 Å². The topological polar surface area (TPSA) is 75.5 Å². The van der Waals surface area contributed by atoms with E-state index in [1.54, 1.807) is 11.1 Å². The largest absolute Gasteiger partial charge is 0.342 e. The number of carbonyl (C=O) groups is 2. The van der Waals surface area contributed by atoms with E-state index in [0.29, 0.717) is 30.6 Å². The summed E-state index contributed by atoms with van der Waals surface area (Å²) in [5.41, 5.74) is -0.218. The first-order valence-electron chi connectivity index (χ1n) is 9.13. The van der Waals surface area contributed by atoms with Crippen LogP contribution < -0.4 is 5.56 Å². The maximum absolute atomic E-state index is 12.6. The summed E-state index contributed by atoms with van der Waals surface area (Å²) in [5.74, 6) is 0.165. The lowest BCUT2D eigenvalue weighted by Gasteiger charge is -2.33. The average Bonchev–Trinajstić information content (AvgIpc) is 3.35. The van der Waals surface area contributed by atoms with Gasteiger partial charge in [-0.25, -0.2) is 4.68 Å². The fraction of sp³-hybridized carbons (Fsp3) is 0.556. The van der Waals surface area contributed by atoms with Crippen LogP contribution in [0.5, 0.6) is 0 Å². The molecule has 2 aliphatic heterocycles. The molecule has 2 fully saturated rings. The van der Waals surface area contributed by atoms with E-state index in [9.17, 15) is 14.4 Å². The number of thiophene rings is 1. The van der Waals surface area contributed by atoms with Gasteiger partial charge in [-0.1, -0.05) is 0 Å². The number of fused-ring (bicyclic) bond motifs is 1. The number of amides is 2. The van der Waals surface area contributed by atoms with E-state index < -0.39 is 0 Å². The summed E-state index contributed by atoms with van der Waals surface area (Å²) in [6.45, 7) is 2.84. The molecule has 0 atom stereocenters. The second kappa shape index (κ2) is 7.19. The summed E-state index contributed by atoms with van der Waals surface area (Å²) in [7, 11) is 0. The molecule has 0 saturated carbocycles. The molecule has 2 amide bonds. The standard InChI is InChI=1S/C18H22N4O3S/c23-15(12-22-18(25)16-14(11-19-22)5-10-26-16)20-8-3-13(4-9-20)17(24)21-6-1-2-7-21/h5,10-11,13H,1-4,6-9,12H2. The lowest BCUT2D eigenvalue weighted by atomic mass is 9.95. The van der Waals surface area contributed by atoms with Gasteiger partial charge in [0.2, 0.25) is 11.8 Å². The Bertz CT molecular complexity index is 876. The van der Waals surface area contributed by atoms with E-state index in [1.165, 1.54) is 16.0 Å². The van der Waals surface area contributed by atoms with Gasteiger partial charge in [-0.15, -0.1) is 11.3 Å². The predicted octanol–water partition coefficient (Wildman–Crippen LogP) is 1.32. The summed E-state index contributed by atoms with van der Waals surface area (Å²) in [6.07, 6.45) is 5.22. The highest BCUT2D eigenvalue weighted by atomic mass is 32.1. The molecule has 26 heavy (non-hydrogen) atoms. The molecule has 8 heteroatoms. The first-order valence-corrected chi connectivity index (χ1v) is 10.0. The van der Waals surface area contributed by atoms with Gasteiger partial charge in [0.25, 0.3) is 5.56 Å². The van der Waals surface area contributed by atoms with Crippen molar-refractivity contribution in [3.8, 4) is 0 Å². The number of aromatic nitrogens is 2. The minimum absolute atomic E-state index is 0.0282. The zero-order valence-electron chi connectivity index (χ0n) is 14.6. The van der Waals surface area contributed by atoms with E-state index >= 15 is 0 Å². The highest BCUT2D eigenvalue weighted by molar-refractivity contribution is 7.17. The minimum Gasteiger partial charge on any atom is -0.342 e. The van der Waals surface area contributed by atoms with Crippen molar-refractivity contribution in [3.63, 3.8) is 0 Å². The van der Waals surface area contributed by atoms with Crippen molar-refractivity contribution in [1.82, 2.24) is 19.6 Å². The van der Waals surface area contributed by atoms with E-state index in [2.05, 4.69) is 5.10 Å². The SMILES string of the molecule is O=C(Cn1ncc2ccsc2c1=O)N1CCC(C(=O)N2CCCC2)CC1. The first kappa shape index (κ1) is 17.2. The summed E-state index contributed by atoms with van der Waals surface area (Å²) in [4.78, 5) is 41.1. The Kier molecular flexibility index (Phi) is 4.76. The van der Waals surface area contributed by atoms with Gasteiger partial charge in [-0.2, -0.15) is 5.10 Å². The van der Waals surface area contributed by atoms with Crippen LogP contribution in [-0.4, -0.2) is 57.6 Å². The maximum atomic E-state index is 12.6. The number of carbonyl (C=O) groups excluding carboxylic acids is 2. The number of rotatable bonds is 3. The molecule has 2 aromatic rings. The van der Waals surface area contributed by atoms with Crippen molar-refractivity contribution in [1.29, 1.82) is 0 Å². The molecule has 7 nitrogen and oxygen atoms in total. The van der Waals surface area contributed by atoms with Crippen LogP contribution in [0.4, 0.5) is 0 Å². The fourth-order valence-corrected chi connectivity index (χ4v) is 4.62. The third-order valence-corrected chi connectivity index (χ3v) is 6.28. The molecule has 138 valence electrons. The van der Waals surface area contributed by atoms with Gasteiger partial charge in [-0.3, -0.25) is 14.4 Å². The van der Waals surface area contributed by atoms with Crippen LogP contribution in [0.2, 0.25) is 0 Å². The van der Waals surface area contributed by atoms with E-state index in [1.807, 2.05) is 16.3 Å². The molecule has 0 radical (unpaired) electrons. The zero-order valence-corrected chi connectivity index (χ0v) is 15.4. The molecule has 0 aliphatic carbocycles. The van der Waals surface area contributed by atoms with E-state index in [4.69, 9.17) is 0 Å². The highest BCUT2D eigenvalue weighted by Crippen LogP contribution is 2.22. The number of likely N-dealkylation sites (tertiary alicyclic amines) is 2. The van der Waals surface area contributed by atoms with Gasteiger partial charge in [0.15, 0.2) is 0 Å². The van der Waals surface area contributed by atoms with Gasteiger partial charge in [0.05, 0.1) is 6.20 Å². The van der Waals surface area contributed by atoms with Crippen LogP contribution >= 0.6 is 11.3 Å². The Hall–Kier alpha value is -2.22. The number of hydrogen-bond acceptors (Lipinski definition) is 5. The van der Waals surface area contributed by atoms with Gasteiger partial charge >= 0.3 is 0 Å². The first-order chi connectivity index (χ1) is 12.6. The molecule has 4 rings (SSSR count). The molecule has 2 saturated heterocycles. The Morgan fingerprint density at radius 1 is 1.12 bits per heavy atom. The molecule has 0 unspecified atom stereocenters. The molecule has 4 heterocycles. The van der Waals surface area contributed by atoms with Crippen LogP contribution in [-0.2, 0) is 16.1 Å². The molecule has 2 aliphatic rings. The van der Waals surface area contributed by atoms with Crippen molar-refractivity contribution >= 4 is 33.2 Å². The lowest BCUT2D eigenvalue weighted by molar-refractivity contribution is -0.140. The number of hydrogen-bond donors (Lipinski definition) is 0. The number of piperidine rings is 1. The lowest BCUT2D eigenvalue weighted by Crippen LogP contribution is -2.45. The summed E-state index contributed by atoms with van der Waals surface area (Å²) < 4.78 is 1.87. The van der Waals surface area contributed by atoms with E-state index in [-0.39, 0.29) is 29.8 Å². The number of nitrogens with zero attached hydrogens (tertiary/aromatic N) is 4. The molecular formula is C18H22N4O3S. The third-order valence-electron chi connectivity index (χ3n) is 5.36. The fourth-order valence-electron chi connectivity index (χ4n) is 3.81. The Labute approximate surface area is 155 Å². The zero-order chi connectivity index (χ0) is 18.1. The van der Waals surface area contributed by atoms with E-state index in [0.717, 1.165) is 31.3 Å². The van der Waals surface area contributed by atoms with Crippen LogP contribution in [0.3, 0.4) is 0 Å². The predicted molar refractivity (Wildman–Crippen MR) is 99.0 cm³/mol. The summed E-state index contributed by atoms with van der Waals surface area (Å²) in [6, 6.07) is 1.85. The molecule has 2 aromatic heterocycles. The van der Waals surface area contributed by atoms with Crippen molar-refractivity contribution in [3.05, 3.63) is 28.0 Å². The normalized spacial score (nSPS) is 18.6. The monoisotopic (exact) mass is 374 g/mol.